The van der Waals surface area contributed by atoms with Gasteiger partial charge in [-0.3, -0.25) is 0 Å². The molecule has 1 aromatic rings. The van der Waals surface area contributed by atoms with Gasteiger partial charge < -0.3 is 15.4 Å². The number of piperidine rings is 1. The number of benzene rings is 1. The van der Waals surface area contributed by atoms with Crippen LogP contribution in [0.5, 0.6) is 0 Å². The van der Waals surface area contributed by atoms with Crippen molar-refractivity contribution in [3.05, 3.63) is 29.8 Å². The number of ether oxygens (including phenoxy) is 1. The maximum Gasteiger partial charge on any atom is 0.0468 e. The number of rotatable bonds is 4. The van der Waals surface area contributed by atoms with Gasteiger partial charge in [-0.25, -0.2) is 0 Å². The minimum absolute atomic E-state index is 0.159. The molecule has 3 heteroatoms. The number of hydrogen-bond donors (Lipinski definition) is 1. The van der Waals surface area contributed by atoms with Gasteiger partial charge in [-0.1, -0.05) is 18.2 Å². The van der Waals surface area contributed by atoms with E-state index in [-0.39, 0.29) is 6.04 Å². The highest BCUT2D eigenvalue weighted by atomic mass is 16.5. The van der Waals surface area contributed by atoms with Crippen molar-refractivity contribution >= 4 is 5.69 Å². The second kappa shape index (κ2) is 7.28. The highest BCUT2D eigenvalue weighted by Gasteiger charge is 2.22. The maximum absolute atomic E-state index is 6.57. The lowest BCUT2D eigenvalue weighted by Gasteiger charge is -2.33. The average molecular weight is 288 g/mol. The van der Waals surface area contributed by atoms with Crippen LogP contribution in [0.2, 0.25) is 0 Å². The largest absolute Gasteiger partial charge is 0.381 e. The molecule has 1 aromatic carbocycles. The molecule has 0 aromatic heterocycles. The van der Waals surface area contributed by atoms with Crippen molar-refractivity contribution in [2.75, 3.05) is 31.2 Å². The number of nitrogens with two attached hydrogens (primary N) is 1. The van der Waals surface area contributed by atoms with E-state index in [2.05, 4.69) is 29.2 Å². The second-order valence-corrected chi connectivity index (χ2v) is 6.50. The van der Waals surface area contributed by atoms with Crippen LogP contribution in [-0.2, 0) is 4.74 Å². The Hall–Kier alpha value is -1.06. The van der Waals surface area contributed by atoms with Gasteiger partial charge in [0.2, 0.25) is 0 Å². The summed E-state index contributed by atoms with van der Waals surface area (Å²) in [5.74, 6) is 0.725. The molecule has 2 aliphatic heterocycles. The quantitative estimate of drug-likeness (QED) is 0.921. The van der Waals surface area contributed by atoms with E-state index in [4.69, 9.17) is 10.5 Å². The standard InChI is InChI=1S/C18H28N2O/c19-17(14-15-8-12-21-13-9-15)16-6-2-3-7-18(16)20-10-4-1-5-11-20/h2-3,6-7,15,17H,1,4-5,8-14,19H2. The van der Waals surface area contributed by atoms with Crippen molar-refractivity contribution in [3.63, 3.8) is 0 Å². The van der Waals surface area contributed by atoms with Crippen LogP contribution in [-0.4, -0.2) is 26.3 Å². The molecule has 2 fully saturated rings. The summed E-state index contributed by atoms with van der Waals surface area (Å²) >= 11 is 0. The molecule has 0 spiro atoms. The van der Waals surface area contributed by atoms with Crippen LogP contribution in [0.3, 0.4) is 0 Å². The Labute approximate surface area is 128 Å². The Morgan fingerprint density at radius 1 is 1.10 bits per heavy atom. The first-order valence-corrected chi connectivity index (χ1v) is 8.52. The van der Waals surface area contributed by atoms with E-state index >= 15 is 0 Å². The van der Waals surface area contributed by atoms with Crippen molar-refractivity contribution in [3.8, 4) is 0 Å². The Kier molecular flexibility index (Phi) is 5.15. The van der Waals surface area contributed by atoms with E-state index < -0.39 is 0 Å². The normalized spacial score (nSPS) is 22.2. The van der Waals surface area contributed by atoms with Crippen molar-refractivity contribution in [2.24, 2.45) is 11.7 Å². The summed E-state index contributed by atoms with van der Waals surface area (Å²) in [6.07, 6.45) is 7.41. The molecule has 2 N–H and O–H groups in total. The van der Waals surface area contributed by atoms with Gasteiger partial charge in [-0.2, -0.15) is 0 Å². The van der Waals surface area contributed by atoms with Crippen LogP contribution >= 0.6 is 0 Å². The van der Waals surface area contributed by atoms with Gasteiger partial charge in [0.15, 0.2) is 0 Å². The first-order chi connectivity index (χ1) is 10.3. The molecule has 2 aliphatic rings. The minimum Gasteiger partial charge on any atom is -0.381 e. The molecule has 1 atom stereocenters. The molecule has 0 radical (unpaired) electrons. The maximum atomic E-state index is 6.57. The minimum atomic E-state index is 0.159. The molecular formula is C18H28N2O. The van der Waals surface area contributed by atoms with Crippen molar-refractivity contribution in [1.29, 1.82) is 0 Å². The third-order valence-electron chi connectivity index (χ3n) is 4.96. The molecule has 0 amide bonds. The fourth-order valence-corrected chi connectivity index (χ4v) is 3.69. The molecule has 1 unspecified atom stereocenters. The van der Waals surface area contributed by atoms with E-state index in [9.17, 15) is 0 Å². The SMILES string of the molecule is NC(CC1CCOCC1)c1ccccc1N1CCCCC1. The van der Waals surface area contributed by atoms with Crippen LogP contribution < -0.4 is 10.6 Å². The average Bonchev–Trinajstić information content (AvgIpc) is 2.56. The van der Waals surface area contributed by atoms with E-state index in [1.807, 2.05) is 0 Å². The predicted molar refractivity (Wildman–Crippen MR) is 87.6 cm³/mol. The molecule has 2 heterocycles. The number of nitrogens with zero attached hydrogens (tertiary/aromatic N) is 1. The molecule has 3 nitrogen and oxygen atoms in total. The van der Waals surface area contributed by atoms with Gasteiger partial charge >= 0.3 is 0 Å². The first kappa shape index (κ1) is 14.9. The summed E-state index contributed by atoms with van der Waals surface area (Å²) in [7, 11) is 0. The third-order valence-corrected chi connectivity index (χ3v) is 4.96. The van der Waals surface area contributed by atoms with Crippen molar-refractivity contribution < 1.29 is 4.74 Å². The van der Waals surface area contributed by atoms with Gasteiger partial charge in [0.05, 0.1) is 0 Å². The van der Waals surface area contributed by atoms with Crippen molar-refractivity contribution in [1.82, 2.24) is 0 Å². The molecule has 3 rings (SSSR count). The molecule has 0 aliphatic carbocycles. The fraction of sp³-hybridized carbons (Fsp3) is 0.667. The van der Waals surface area contributed by atoms with E-state index in [1.165, 1.54) is 56.4 Å². The molecule has 2 saturated heterocycles. The molecule has 0 saturated carbocycles. The zero-order valence-electron chi connectivity index (χ0n) is 13.0. The molecular weight excluding hydrogens is 260 g/mol. The van der Waals surface area contributed by atoms with E-state index in [1.54, 1.807) is 0 Å². The lowest BCUT2D eigenvalue weighted by molar-refractivity contribution is 0.0618. The van der Waals surface area contributed by atoms with Gasteiger partial charge in [0.25, 0.3) is 0 Å². The Morgan fingerprint density at radius 3 is 2.57 bits per heavy atom. The highest BCUT2D eigenvalue weighted by Crippen LogP contribution is 2.32. The topological polar surface area (TPSA) is 38.5 Å². The van der Waals surface area contributed by atoms with E-state index in [0.29, 0.717) is 0 Å². The second-order valence-electron chi connectivity index (χ2n) is 6.50. The molecule has 116 valence electrons. The molecule has 0 bridgehead atoms. The smallest absolute Gasteiger partial charge is 0.0468 e. The summed E-state index contributed by atoms with van der Waals surface area (Å²) < 4.78 is 5.46. The Balaban J connectivity index is 1.70. The third kappa shape index (κ3) is 3.78. The highest BCUT2D eigenvalue weighted by molar-refractivity contribution is 5.55. The van der Waals surface area contributed by atoms with E-state index in [0.717, 1.165) is 25.6 Å². The van der Waals surface area contributed by atoms with Crippen LogP contribution in [0, 0.1) is 5.92 Å². The van der Waals surface area contributed by atoms with Crippen LogP contribution in [0.1, 0.15) is 50.1 Å². The zero-order valence-corrected chi connectivity index (χ0v) is 13.0. The van der Waals surface area contributed by atoms with Crippen LogP contribution in [0.25, 0.3) is 0 Å². The van der Waals surface area contributed by atoms with Crippen LogP contribution in [0.15, 0.2) is 24.3 Å². The first-order valence-electron chi connectivity index (χ1n) is 8.52. The Bertz CT molecular complexity index is 437. The van der Waals surface area contributed by atoms with Crippen LogP contribution in [0.4, 0.5) is 5.69 Å². The predicted octanol–water partition coefficient (Wildman–Crippen LogP) is 3.49. The summed E-state index contributed by atoms with van der Waals surface area (Å²) in [5, 5.41) is 0. The molecule has 21 heavy (non-hydrogen) atoms. The van der Waals surface area contributed by atoms with Gasteiger partial charge in [-0.05, 0) is 56.1 Å². The number of hydrogen-bond acceptors (Lipinski definition) is 3. The van der Waals surface area contributed by atoms with Gasteiger partial charge in [-0.15, -0.1) is 0 Å². The van der Waals surface area contributed by atoms with Gasteiger partial charge in [0.1, 0.15) is 0 Å². The summed E-state index contributed by atoms with van der Waals surface area (Å²) in [6, 6.07) is 8.92. The van der Waals surface area contributed by atoms with Crippen molar-refractivity contribution in [2.45, 2.75) is 44.6 Å². The lowest BCUT2D eigenvalue weighted by atomic mass is 9.89. The Morgan fingerprint density at radius 2 is 1.81 bits per heavy atom. The summed E-state index contributed by atoms with van der Waals surface area (Å²) in [4.78, 5) is 2.53. The number of anilines is 1. The van der Waals surface area contributed by atoms with Gasteiger partial charge in [0, 0.05) is 38.0 Å². The summed E-state index contributed by atoms with van der Waals surface area (Å²) in [5.41, 5.74) is 9.28. The zero-order chi connectivity index (χ0) is 14.5. The fourth-order valence-electron chi connectivity index (χ4n) is 3.69. The summed E-state index contributed by atoms with van der Waals surface area (Å²) in [6.45, 7) is 4.18. The monoisotopic (exact) mass is 288 g/mol. The number of para-hydroxylation sites is 1. The lowest BCUT2D eigenvalue weighted by Crippen LogP contribution is -2.31.